The molecule has 0 aliphatic carbocycles. The van der Waals surface area contributed by atoms with Gasteiger partial charge in [-0.3, -0.25) is 4.90 Å². The summed E-state index contributed by atoms with van der Waals surface area (Å²) in [7, 11) is 0. The van der Waals surface area contributed by atoms with Gasteiger partial charge >= 0.3 is 0 Å². The Morgan fingerprint density at radius 1 is 1.43 bits per heavy atom. The minimum atomic E-state index is -0.320. The van der Waals surface area contributed by atoms with E-state index in [2.05, 4.69) is 17.1 Å². The third kappa shape index (κ3) is 5.11. The molecule has 1 N–H and O–H groups in total. The van der Waals surface area contributed by atoms with Gasteiger partial charge in [-0.15, -0.1) is 0 Å². The van der Waals surface area contributed by atoms with Crippen LogP contribution in [0.4, 0.5) is 4.39 Å². The minimum Gasteiger partial charge on any atom is -0.316 e. The summed E-state index contributed by atoms with van der Waals surface area (Å²) >= 11 is 0. The minimum absolute atomic E-state index is 0.320. The topological polar surface area (TPSA) is 39.1 Å². The van der Waals surface area contributed by atoms with Crippen LogP contribution < -0.4 is 5.32 Å². The van der Waals surface area contributed by atoms with E-state index in [9.17, 15) is 4.39 Å². The lowest BCUT2D eigenvalue weighted by molar-refractivity contribution is 0.201. The zero-order chi connectivity index (χ0) is 15.1. The Morgan fingerprint density at radius 2 is 2.29 bits per heavy atom. The van der Waals surface area contributed by atoms with Crippen molar-refractivity contribution in [3.8, 4) is 6.07 Å². The van der Waals surface area contributed by atoms with E-state index in [4.69, 9.17) is 5.26 Å². The molecule has 1 heterocycles. The zero-order valence-electron chi connectivity index (χ0n) is 12.7. The van der Waals surface area contributed by atoms with E-state index in [1.54, 1.807) is 12.1 Å². The van der Waals surface area contributed by atoms with Crippen molar-refractivity contribution in [1.29, 1.82) is 5.26 Å². The van der Waals surface area contributed by atoms with Crippen molar-refractivity contribution < 1.29 is 4.39 Å². The van der Waals surface area contributed by atoms with Crippen LogP contribution in [0.25, 0.3) is 0 Å². The maximum Gasteiger partial charge on any atom is 0.124 e. The molecular formula is C17H24FN3. The molecule has 0 bridgehead atoms. The molecule has 0 aromatic heterocycles. The van der Waals surface area contributed by atoms with Crippen molar-refractivity contribution in [3.63, 3.8) is 0 Å². The normalized spacial score (nSPS) is 18.7. The Bertz CT molecular complexity index is 489. The Morgan fingerprint density at radius 3 is 2.95 bits per heavy atom. The van der Waals surface area contributed by atoms with Gasteiger partial charge in [0, 0.05) is 13.1 Å². The van der Waals surface area contributed by atoms with Crippen LogP contribution in [0.3, 0.4) is 0 Å². The summed E-state index contributed by atoms with van der Waals surface area (Å²) in [5.41, 5.74) is 1.30. The van der Waals surface area contributed by atoms with Crippen molar-refractivity contribution in [2.45, 2.75) is 32.7 Å². The van der Waals surface area contributed by atoms with Crippen molar-refractivity contribution in [1.82, 2.24) is 10.2 Å². The molecule has 1 aromatic carbocycles. The van der Waals surface area contributed by atoms with E-state index in [1.165, 1.54) is 18.9 Å². The summed E-state index contributed by atoms with van der Waals surface area (Å²) in [6.07, 6.45) is 3.59. The molecule has 0 spiro atoms. The molecule has 1 unspecified atom stereocenters. The number of nitrogens with zero attached hydrogens (tertiary/aromatic N) is 2. The van der Waals surface area contributed by atoms with Gasteiger partial charge in [0.1, 0.15) is 5.82 Å². The fourth-order valence-corrected chi connectivity index (χ4v) is 3.06. The van der Waals surface area contributed by atoms with E-state index in [1.807, 2.05) is 6.07 Å². The van der Waals surface area contributed by atoms with Gasteiger partial charge in [-0.1, -0.05) is 6.92 Å². The highest BCUT2D eigenvalue weighted by Gasteiger charge is 2.17. The molecule has 1 atom stereocenters. The zero-order valence-corrected chi connectivity index (χ0v) is 12.7. The lowest BCUT2D eigenvalue weighted by Crippen LogP contribution is -2.38. The molecule has 1 aliphatic rings. The Hall–Kier alpha value is -1.44. The van der Waals surface area contributed by atoms with Crippen LogP contribution in [0, 0.1) is 23.1 Å². The summed E-state index contributed by atoms with van der Waals surface area (Å²) in [6, 6.07) is 6.66. The summed E-state index contributed by atoms with van der Waals surface area (Å²) in [5.74, 6) is 0.356. The molecule has 0 amide bonds. The first-order chi connectivity index (χ1) is 10.2. The lowest BCUT2D eigenvalue weighted by Gasteiger charge is -2.30. The van der Waals surface area contributed by atoms with Gasteiger partial charge in [0.05, 0.1) is 11.6 Å². The van der Waals surface area contributed by atoms with Crippen LogP contribution >= 0.6 is 0 Å². The van der Waals surface area contributed by atoms with E-state index < -0.39 is 0 Å². The summed E-state index contributed by atoms with van der Waals surface area (Å²) in [6.45, 7) is 7.13. The lowest BCUT2D eigenvalue weighted by atomic mass is 9.98. The standard InChI is InChI=1S/C17H24FN3/c1-2-6-21(12-14-4-3-5-20-11-14)13-16-7-15(10-19)8-17(18)9-16/h7-9,14,20H,2-6,11-13H2,1H3. The second-order valence-corrected chi connectivity index (χ2v) is 5.91. The fraction of sp³-hybridized carbons (Fsp3) is 0.588. The number of halogens is 1. The van der Waals surface area contributed by atoms with E-state index in [-0.39, 0.29) is 5.82 Å². The van der Waals surface area contributed by atoms with Crippen LogP contribution in [0.5, 0.6) is 0 Å². The Labute approximate surface area is 126 Å². The van der Waals surface area contributed by atoms with Gasteiger partial charge in [-0.25, -0.2) is 4.39 Å². The van der Waals surface area contributed by atoms with Crippen molar-refractivity contribution >= 4 is 0 Å². The number of nitriles is 1. The van der Waals surface area contributed by atoms with Gasteiger partial charge in [0.2, 0.25) is 0 Å². The molecule has 4 heteroatoms. The summed E-state index contributed by atoms with van der Waals surface area (Å²) in [4.78, 5) is 2.38. The summed E-state index contributed by atoms with van der Waals surface area (Å²) in [5, 5.41) is 12.4. The van der Waals surface area contributed by atoms with Crippen LogP contribution in [-0.4, -0.2) is 31.1 Å². The summed E-state index contributed by atoms with van der Waals surface area (Å²) < 4.78 is 13.5. The SMILES string of the molecule is CCCN(Cc1cc(F)cc(C#N)c1)CC1CCCNC1. The quantitative estimate of drug-likeness (QED) is 0.875. The smallest absolute Gasteiger partial charge is 0.124 e. The molecule has 2 rings (SSSR count). The van der Waals surface area contributed by atoms with Crippen molar-refractivity contribution in [2.75, 3.05) is 26.2 Å². The molecular weight excluding hydrogens is 265 g/mol. The van der Waals surface area contributed by atoms with Crippen molar-refractivity contribution in [3.05, 3.63) is 35.1 Å². The molecule has 0 radical (unpaired) electrons. The maximum atomic E-state index is 13.5. The molecule has 1 aromatic rings. The molecule has 114 valence electrons. The highest BCUT2D eigenvalue weighted by molar-refractivity contribution is 5.33. The molecule has 0 saturated carbocycles. The van der Waals surface area contributed by atoms with Crippen LogP contribution in [0.2, 0.25) is 0 Å². The molecule has 1 aliphatic heterocycles. The largest absolute Gasteiger partial charge is 0.316 e. The number of nitrogens with one attached hydrogen (secondary N) is 1. The van der Waals surface area contributed by atoms with E-state index >= 15 is 0 Å². The fourth-order valence-electron chi connectivity index (χ4n) is 3.06. The predicted octanol–water partition coefficient (Wildman–Crippen LogP) is 2.91. The van der Waals surface area contributed by atoms with Gasteiger partial charge in [0.25, 0.3) is 0 Å². The maximum absolute atomic E-state index is 13.5. The second kappa shape index (κ2) is 8.11. The number of benzene rings is 1. The highest BCUT2D eigenvalue weighted by atomic mass is 19.1. The predicted molar refractivity (Wildman–Crippen MR) is 82.3 cm³/mol. The molecule has 21 heavy (non-hydrogen) atoms. The number of rotatable bonds is 6. The van der Waals surface area contributed by atoms with Crippen molar-refractivity contribution in [2.24, 2.45) is 5.92 Å². The van der Waals surface area contributed by atoms with E-state index in [0.29, 0.717) is 11.5 Å². The molecule has 3 nitrogen and oxygen atoms in total. The first-order valence-electron chi connectivity index (χ1n) is 7.84. The van der Waals surface area contributed by atoms with E-state index in [0.717, 1.165) is 44.7 Å². The van der Waals surface area contributed by atoms with Gasteiger partial charge in [0.15, 0.2) is 0 Å². The van der Waals surface area contributed by atoms with Crippen LogP contribution in [0.1, 0.15) is 37.3 Å². The Balaban J connectivity index is 2.01. The van der Waals surface area contributed by atoms with Crippen LogP contribution in [0.15, 0.2) is 18.2 Å². The molecule has 1 saturated heterocycles. The number of hydrogen-bond donors (Lipinski definition) is 1. The number of hydrogen-bond acceptors (Lipinski definition) is 3. The highest BCUT2D eigenvalue weighted by Crippen LogP contribution is 2.16. The Kier molecular flexibility index (Phi) is 6.16. The molecule has 1 fully saturated rings. The second-order valence-electron chi connectivity index (χ2n) is 5.91. The van der Waals surface area contributed by atoms with Gasteiger partial charge in [-0.05, 0) is 68.6 Å². The first kappa shape index (κ1) is 15.9. The number of piperidine rings is 1. The average molecular weight is 289 g/mol. The monoisotopic (exact) mass is 289 g/mol. The third-order valence-electron chi connectivity index (χ3n) is 3.95. The van der Waals surface area contributed by atoms with Crippen LogP contribution in [-0.2, 0) is 6.54 Å². The van der Waals surface area contributed by atoms with Gasteiger partial charge < -0.3 is 5.32 Å². The average Bonchev–Trinajstić information content (AvgIpc) is 2.48. The third-order valence-corrected chi connectivity index (χ3v) is 3.95. The van der Waals surface area contributed by atoms with Gasteiger partial charge in [-0.2, -0.15) is 5.26 Å². The first-order valence-corrected chi connectivity index (χ1v) is 7.84.